The number of H-pyrrole nitrogens is 1. The average molecular weight is 287 g/mol. The van der Waals surface area contributed by atoms with E-state index in [1.165, 1.54) is 0 Å². The van der Waals surface area contributed by atoms with Crippen LogP contribution < -0.4 is 5.73 Å². The van der Waals surface area contributed by atoms with Crippen LogP contribution in [0.1, 0.15) is 43.6 Å². The van der Waals surface area contributed by atoms with Crippen LogP contribution in [0.3, 0.4) is 0 Å². The number of carbonyl (C=O) groups excluding carboxylic acids is 1. The largest absolute Gasteiger partial charge is 0.458 e. The van der Waals surface area contributed by atoms with Gasteiger partial charge in [0.2, 0.25) is 0 Å². The third kappa shape index (κ3) is 2.73. The number of aromatic amines is 1. The second kappa shape index (κ2) is 5.39. The number of carbonyl (C=O) groups is 1. The molecule has 1 aromatic heterocycles. The van der Waals surface area contributed by atoms with Crippen molar-refractivity contribution in [3.05, 3.63) is 23.9 Å². The molecular weight excluding hydrogens is 266 g/mol. The summed E-state index contributed by atoms with van der Waals surface area (Å²) in [6.45, 7) is 4.47. The summed E-state index contributed by atoms with van der Waals surface area (Å²) in [7, 11) is 0. The second-order valence-corrected chi connectivity index (χ2v) is 6.17. The Kier molecular flexibility index (Phi) is 3.57. The van der Waals surface area contributed by atoms with Crippen molar-refractivity contribution >= 4 is 22.6 Å². The summed E-state index contributed by atoms with van der Waals surface area (Å²) in [6.07, 6.45) is 2.96. The molecule has 1 aliphatic carbocycles. The van der Waals surface area contributed by atoms with Crippen molar-refractivity contribution in [2.24, 2.45) is 11.8 Å². The van der Waals surface area contributed by atoms with Gasteiger partial charge in [0.25, 0.3) is 0 Å². The molecule has 1 aliphatic rings. The van der Waals surface area contributed by atoms with Crippen molar-refractivity contribution in [1.29, 1.82) is 0 Å². The minimum Gasteiger partial charge on any atom is -0.458 e. The van der Waals surface area contributed by atoms with Crippen LogP contribution in [0.2, 0.25) is 0 Å². The Bertz CT molecular complexity index is 665. The number of hydrogen-bond acceptors (Lipinski definition) is 4. The first kappa shape index (κ1) is 13.9. The van der Waals surface area contributed by atoms with E-state index in [0.29, 0.717) is 23.2 Å². The highest BCUT2D eigenvalue weighted by Crippen LogP contribution is 2.31. The van der Waals surface area contributed by atoms with Crippen LogP contribution in [0.15, 0.2) is 18.2 Å². The molecule has 1 saturated carbocycles. The van der Waals surface area contributed by atoms with Crippen molar-refractivity contribution in [1.82, 2.24) is 10.2 Å². The third-order valence-electron chi connectivity index (χ3n) is 4.60. The number of hydrogen-bond donors (Lipinski definition) is 2. The zero-order chi connectivity index (χ0) is 15.0. The molecule has 3 unspecified atom stereocenters. The van der Waals surface area contributed by atoms with Gasteiger partial charge in [-0.1, -0.05) is 13.8 Å². The molecule has 5 heteroatoms. The zero-order valence-corrected chi connectivity index (χ0v) is 12.4. The van der Waals surface area contributed by atoms with Gasteiger partial charge in [-0.15, -0.1) is 0 Å². The summed E-state index contributed by atoms with van der Waals surface area (Å²) in [4.78, 5) is 12.3. The fourth-order valence-corrected chi connectivity index (χ4v) is 3.00. The molecule has 3 rings (SSSR count). The van der Waals surface area contributed by atoms with Crippen LogP contribution in [-0.2, 0) is 4.74 Å². The topological polar surface area (TPSA) is 81.0 Å². The van der Waals surface area contributed by atoms with Crippen molar-refractivity contribution in [3.63, 3.8) is 0 Å². The Morgan fingerprint density at radius 2 is 2.14 bits per heavy atom. The van der Waals surface area contributed by atoms with E-state index in [2.05, 4.69) is 24.0 Å². The van der Waals surface area contributed by atoms with Crippen LogP contribution in [-0.4, -0.2) is 22.3 Å². The van der Waals surface area contributed by atoms with Gasteiger partial charge in [0.05, 0.1) is 5.52 Å². The second-order valence-electron chi connectivity index (χ2n) is 6.17. The maximum Gasteiger partial charge on any atom is 0.359 e. The molecule has 1 aromatic carbocycles. The molecule has 3 N–H and O–H groups in total. The SMILES string of the molecule is CC1CCC(OC(=O)c2n[nH]c3ccc(N)cc23)CC1C. The number of benzene rings is 1. The maximum absolute atomic E-state index is 12.3. The molecule has 21 heavy (non-hydrogen) atoms. The standard InChI is InChI=1S/C16H21N3O2/c1-9-3-5-12(7-10(9)2)21-16(20)15-13-8-11(17)4-6-14(13)18-19-15/h4,6,8-10,12H,3,5,7,17H2,1-2H3,(H,18,19). The van der Waals surface area contributed by atoms with E-state index in [9.17, 15) is 4.79 Å². The van der Waals surface area contributed by atoms with E-state index in [1.54, 1.807) is 12.1 Å². The maximum atomic E-state index is 12.3. The smallest absolute Gasteiger partial charge is 0.359 e. The Morgan fingerprint density at radius 1 is 1.33 bits per heavy atom. The molecule has 112 valence electrons. The third-order valence-corrected chi connectivity index (χ3v) is 4.60. The minimum atomic E-state index is -0.362. The van der Waals surface area contributed by atoms with Gasteiger partial charge in [-0.25, -0.2) is 4.79 Å². The highest BCUT2D eigenvalue weighted by atomic mass is 16.5. The van der Waals surface area contributed by atoms with E-state index >= 15 is 0 Å². The highest BCUT2D eigenvalue weighted by Gasteiger charge is 2.28. The van der Waals surface area contributed by atoms with Crippen LogP contribution in [0.25, 0.3) is 10.9 Å². The van der Waals surface area contributed by atoms with Gasteiger partial charge in [-0.3, -0.25) is 5.10 Å². The minimum absolute atomic E-state index is 0.00323. The molecule has 0 amide bonds. The first-order valence-corrected chi connectivity index (χ1v) is 7.49. The molecule has 3 atom stereocenters. The van der Waals surface area contributed by atoms with Crippen molar-refractivity contribution in [3.8, 4) is 0 Å². The van der Waals surface area contributed by atoms with Gasteiger partial charge in [0, 0.05) is 11.1 Å². The number of nitrogens with zero attached hydrogens (tertiary/aromatic N) is 1. The summed E-state index contributed by atoms with van der Waals surface area (Å²) in [5, 5.41) is 7.64. The van der Waals surface area contributed by atoms with Crippen LogP contribution in [0, 0.1) is 11.8 Å². The molecule has 0 radical (unpaired) electrons. The van der Waals surface area contributed by atoms with E-state index in [-0.39, 0.29) is 12.1 Å². The number of nitrogens with one attached hydrogen (secondary N) is 1. The lowest BCUT2D eigenvalue weighted by atomic mass is 9.80. The van der Waals surface area contributed by atoms with Gasteiger partial charge in [0.15, 0.2) is 5.69 Å². The fourth-order valence-electron chi connectivity index (χ4n) is 3.00. The Balaban J connectivity index is 1.77. The fraction of sp³-hybridized carbons (Fsp3) is 0.500. The molecule has 0 spiro atoms. The Hall–Kier alpha value is -2.04. The van der Waals surface area contributed by atoms with E-state index in [4.69, 9.17) is 10.5 Å². The highest BCUT2D eigenvalue weighted by molar-refractivity contribution is 6.02. The number of nitrogens with two attached hydrogens (primary N) is 1. The van der Waals surface area contributed by atoms with Crippen LogP contribution in [0.4, 0.5) is 5.69 Å². The number of aromatic nitrogens is 2. The predicted octanol–water partition coefficient (Wildman–Crippen LogP) is 3.13. The molecule has 1 heterocycles. The number of ether oxygens (including phenoxy) is 1. The van der Waals surface area contributed by atoms with Gasteiger partial charge >= 0.3 is 5.97 Å². The van der Waals surface area contributed by atoms with Gasteiger partial charge in [-0.2, -0.15) is 5.10 Å². The van der Waals surface area contributed by atoms with Crippen molar-refractivity contribution in [2.45, 2.75) is 39.2 Å². The van der Waals surface area contributed by atoms with E-state index in [1.807, 2.05) is 6.07 Å². The van der Waals surface area contributed by atoms with E-state index < -0.39 is 0 Å². The summed E-state index contributed by atoms with van der Waals surface area (Å²) in [5.74, 6) is 0.924. The molecule has 0 aliphatic heterocycles. The summed E-state index contributed by atoms with van der Waals surface area (Å²) in [6, 6.07) is 5.35. The zero-order valence-electron chi connectivity index (χ0n) is 12.4. The van der Waals surface area contributed by atoms with Crippen LogP contribution in [0.5, 0.6) is 0 Å². The summed E-state index contributed by atoms with van der Waals surface area (Å²) in [5.41, 5.74) is 7.50. The van der Waals surface area contributed by atoms with Gasteiger partial charge in [0.1, 0.15) is 6.10 Å². The molecule has 2 aromatic rings. The lowest BCUT2D eigenvalue weighted by Crippen LogP contribution is -2.28. The lowest BCUT2D eigenvalue weighted by molar-refractivity contribution is 0.00838. The number of rotatable bonds is 2. The lowest BCUT2D eigenvalue weighted by Gasteiger charge is -2.31. The van der Waals surface area contributed by atoms with Crippen molar-refractivity contribution < 1.29 is 9.53 Å². The van der Waals surface area contributed by atoms with Crippen molar-refractivity contribution in [2.75, 3.05) is 5.73 Å². The summed E-state index contributed by atoms with van der Waals surface area (Å²) >= 11 is 0. The normalized spacial score (nSPS) is 25.9. The Labute approximate surface area is 123 Å². The number of anilines is 1. The van der Waals surface area contributed by atoms with Crippen LogP contribution >= 0.6 is 0 Å². The summed E-state index contributed by atoms with van der Waals surface area (Å²) < 4.78 is 5.64. The Morgan fingerprint density at radius 3 is 2.90 bits per heavy atom. The molecule has 5 nitrogen and oxygen atoms in total. The molecule has 1 fully saturated rings. The monoisotopic (exact) mass is 287 g/mol. The quantitative estimate of drug-likeness (QED) is 0.657. The molecular formula is C16H21N3O2. The number of esters is 1. The predicted molar refractivity (Wildman–Crippen MR) is 81.9 cm³/mol. The van der Waals surface area contributed by atoms with Gasteiger partial charge in [-0.05, 0) is 49.3 Å². The first-order valence-electron chi connectivity index (χ1n) is 7.49. The number of nitrogen functional groups attached to an aromatic ring is 1. The average Bonchev–Trinajstić information content (AvgIpc) is 2.86. The first-order chi connectivity index (χ1) is 10.0. The van der Waals surface area contributed by atoms with Gasteiger partial charge < -0.3 is 10.5 Å². The molecule has 0 saturated heterocycles. The van der Waals surface area contributed by atoms with E-state index in [0.717, 1.165) is 30.2 Å². The molecule has 0 bridgehead atoms. The number of fused-ring (bicyclic) bond motifs is 1.